The fraction of sp³-hybridized carbons (Fsp3) is 0.636. The molecular formula is C11H20N7O13P3. The Hall–Kier alpha value is -1.63. The van der Waals surface area contributed by atoms with Crippen LogP contribution in [-0.4, -0.2) is 102 Å². The Balaban J connectivity index is 1.68. The van der Waals surface area contributed by atoms with Crippen LogP contribution in [0.5, 0.6) is 0 Å². The van der Waals surface area contributed by atoms with Gasteiger partial charge in [0.25, 0.3) is 0 Å². The van der Waals surface area contributed by atoms with Crippen LogP contribution in [0.15, 0.2) is 15.0 Å². The molecule has 3 aliphatic rings. The molecule has 0 aromatic heterocycles. The minimum Gasteiger partial charge on any atom is -0.387 e. The van der Waals surface area contributed by atoms with E-state index in [4.69, 9.17) is 36.3 Å². The molecule has 0 spiro atoms. The molecule has 3 aliphatic heterocycles. The van der Waals surface area contributed by atoms with Crippen LogP contribution in [0.25, 0.3) is 0 Å². The van der Waals surface area contributed by atoms with Gasteiger partial charge >= 0.3 is 23.5 Å². The second-order valence-electron chi connectivity index (χ2n) is 6.93. The number of rotatable bonds is 8. The van der Waals surface area contributed by atoms with Gasteiger partial charge < -0.3 is 50.9 Å². The number of nitrogens with two attached hydrogens (primary N) is 2. The number of phosphoric ester groups is 1. The third kappa shape index (κ3) is 6.13. The van der Waals surface area contributed by atoms with Gasteiger partial charge in [0.15, 0.2) is 6.23 Å². The van der Waals surface area contributed by atoms with Crippen LogP contribution >= 0.6 is 23.5 Å². The van der Waals surface area contributed by atoms with Crippen molar-refractivity contribution in [3.63, 3.8) is 0 Å². The Labute approximate surface area is 189 Å². The monoisotopic (exact) mass is 551 g/mol. The molecule has 8 atom stereocenters. The lowest BCUT2D eigenvalue weighted by atomic mass is 10.1. The number of hydrogen-bond acceptors (Lipinski definition) is 14. The van der Waals surface area contributed by atoms with E-state index in [0.717, 1.165) is 0 Å². The number of nitrogens with one attached hydrogen (secondary N) is 1. The van der Waals surface area contributed by atoms with Gasteiger partial charge in [-0.25, -0.2) is 13.7 Å². The van der Waals surface area contributed by atoms with Gasteiger partial charge in [0, 0.05) is 0 Å². The van der Waals surface area contributed by atoms with Gasteiger partial charge in [-0.1, -0.05) is 0 Å². The van der Waals surface area contributed by atoms with Gasteiger partial charge in [-0.15, -0.1) is 0 Å². The number of guanidine groups is 1. The minimum atomic E-state index is -5.74. The maximum atomic E-state index is 11.9. The largest absolute Gasteiger partial charge is 0.490 e. The predicted molar refractivity (Wildman–Crippen MR) is 109 cm³/mol. The number of aliphatic hydroxyl groups is 2. The molecule has 0 aromatic rings. The van der Waals surface area contributed by atoms with E-state index >= 15 is 0 Å². The van der Waals surface area contributed by atoms with E-state index in [1.54, 1.807) is 0 Å². The fourth-order valence-corrected chi connectivity index (χ4v) is 6.26. The van der Waals surface area contributed by atoms with Gasteiger partial charge in [0.2, 0.25) is 5.96 Å². The predicted octanol–water partition coefficient (Wildman–Crippen LogP) is -3.48. The van der Waals surface area contributed by atoms with Gasteiger partial charge in [-0.3, -0.25) is 14.9 Å². The Bertz CT molecular complexity index is 1080. The molecule has 3 heterocycles. The number of ether oxygens (including phenoxy) is 1. The third-order valence-electron chi connectivity index (χ3n) is 4.51. The molecule has 23 heteroatoms. The van der Waals surface area contributed by atoms with Gasteiger partial charge in [-0.05, 0) is 0 Å². The van der Waals surface area contributed by atoms with Crippen LogP contribution in [0.1, 0.15) is 0 Å². The van der Waals surface area contributed by atoms with E-state index in [-0.39, 0.29) is 11.7 Å². The van der Waals surface area contributed by atoms with E-state index < -0.39 is 72.7 Å². The lowest BCUT2D eigenvalue weighted by Gasteiger charge is -2.32. The zero-order valence-electron chi connectivity index (χ0n) is 16.6. The topological polar surface area (TPSA) is 326 Å². The summed E-state index contributed by atoms with van der Waals surface area (Å²) in [5, 5.41) is 28.3. The van der Waals surface area contributed by atoms with Crippen molar-refractivity contribution >= 4 is 47.4 Å². The van der Waals surface area contributed by atoms with E-state index in [2.05, 4.69) is 28.1 Å². The Morgan fingerprint density at radius 2 is 1.65 bits per heavy atom. The summed E-state index contributed by atoms with van der Waals surface area (Å²) in [4.78, 5) is 48.5. The lowest BCUT2D eigenvalue weighted by Crippen LogP contribution is -2.56. The first-order valence-electron chi connectivity index (χ1n) is 8.87. The van der Waals surface area contributed by atoms with Crippen molar-refractivity contribution in [1.82, 2.24) is 4.90 Å². The molecule has 0 amide bonds. The number of fused-ring (bicyclic) bond motifs is 1. The summed E-state index contributed by atoms with van der Waals surface area (Å²) in [5.41, 5.74) is 11.7. The molecule has 1 fully saturated rings. The SMILES string of the molecule is N=C1N=C(N)C2N=CN(C3O[C@@H](COP(=O)(O)OP(=O)(O)OP(=O)(O)O)[C@H](O)[C@@H]3O)C2C(N)=N1. The molecule has 34 heavy (non-hydrogen) atoms. The molecule has 0 radical (unpaired) electrons. The van der Waals surface area contributed by atoms with Crippen molar-refractivity contribution in [2.75, 3.05) is 6.61 Å². The van der Waals surface area contributed by atoms with Crippen LogP contribution in [0, 0.1) is 5.41 Å². The molecule has 0 saturated carbocycles. The normalized spacial score (nSPS) is 35.2. The molecule has 192 valence electrons. The standard InChI is InChI=1S/C11H20N7O13P3/c12-8-4-5(9(13)17-11(14)16-8)18(2-15-4)10-7(20)6(19)3(29-10)1-28-33(24,25)31-34(26,27)30-32(21,22)23/h2-7,10,19-20H,1H2,(H,24,25)(H,26,27)(H2,21,22,23)(H5,12,13,14,16,17)/t3-,4?,5?,6-,7-,10?/m0/s1. The number of hydrogen-bond donors (Lipinski definition) is 9. The number of nitrogens with zero attached hydrogens (tertiary/aromatic N) is 4. The molecule has 0 bridgehead atoms. The van der Waals surface area contributed by atoms with E-state index in [0.29, 0.717) is 0 Å². The van der Waals surface area contributed by atoms with Crippen LogP contribution in [0.4, 0.5) is 0 Å². The summed E-state index contributed by atoms with van der Waals surface area (Å²) >= 11 is 0. The molecule has 20 nitrogen and oxygen atoms in total. The zero-order valence-corrected chi connectivity index (χ0v) is 19.3. The highest BCUT2D eigenvalue weighted by molar-refractivity contribution is 7.66. The summed E-state index contributed by atoms with van der Waals surface area (Å²) in [5.74, 6) is -0.741. The molecule has 11 N–H and O–H groups in total. The summed E-state index contributed by atoms with van der Waals surface area (Å²) in [6, 6.07) is -1.86. The summed E-state index contributed by atoms with van der Waals surface area (Å²) in [6.45, 7) is -1.00. The molecule has 0 aromatic carbocycles. The van der Waals surface area contributed by atoms with Crippen LogP contribution in [-0.2, 0) is 31.6 Å². The Morgan fingerprint density at radius 1 is 1.03 bits per heavy atom. The van der Waals surface area contributed by atoms with E-state index in [9.17, 15) is 28.8 Å². The van der Waals surface area contributed by atoms with Crippen molar-refractivity contribution < 1.29 is 61.4 Å². The first-order valence-corrected chi connectivity index (χ1v) is 13.4. The maximum absolute atomic E-state index is 11.9. The van der Waals surface area contributed by atoms with Crippen molar-refractivity contribution in [2.24, 2.45) is 26.4 Å². The smallest absolute Gasteiger partial charge is 0.387 e. The van der Waals surface area contributed by atoms with Gasteiger partial charge in [-0.2, -0.15) is 18.6 Å². The van der Waals surface area contributed by atoms with Crippen molar-refractivity contribution in [3.05, 3.63) is 0 Å². The van der Waals surface area contributed by atoms with Gasteiger partial charge in [0.05, 0.1) is 12.9 Å². The molecule has 1 saturated heterocycles. The Morgan fingerprint density at radius 3 is 2.26 bits per heavy atom. The third-order valence-corrected chi connectivity index (χ3v) is 8.31. The lowest BCUT2D eigenvalue weighted by molar-refractivity contribution is -0.0717. The first-order chi connectivity index (χ1) is 15.5. The molecule has 3 rings (SSSR count). The Kier molecular flexibility index (Phi) is 7.48. The number of aliphatic hydroxyl groups excluding tert-OH is 2. The number of phosphoric acid groups is 3. The summed E-state index contributed by atoms with van der Waals surface area (Å²) < 4.78 is 51.0. The highest BCUT2D eigenvalue weighted by atomic mass is 31.3. The van der Waals surface area contributed by atoms with Crippen molar-refractivity contribution in [1.29, 1.82) is 5.41 Å². The first kappa shape index (κ1) is 27.0. The van der Waals surface area contributed by atoms with Crippen LogP contribution in [0.3, 0.4) is 0 Å². The molecule has 0 aliphatic carbocycles. The van der Waals surface area contributed by atoms with Crippen molar-refractivity contribution in [3.8, 4) is 0 Å². The molecule has 5 unspecified atom stereocenters. The zero-order chi connectivity index (χ0) is 25.6. The average Bonchev–Trinajstić information content (AvgIpc) is 3.16. The van der Waals surface area contributed by atoms with E-state index in [1.165, 1.54) is 11.2 Å². The number of amidine groups is 2. The summed E-state index contributed by atoms with van der Waals surface area (Å²) in [6.07, 6.45) is -5.13. The van der Waals surface area contributed by atoms with E-state index in [1.807, 2.05) is 0 Å². The highest BCUT2D eigenvalue weighted by Crippen LogP contribution is 2.66. The fourth-order valence-electron chi connectivity index (χ4n) is 3.23. The van der Waals surface area contributed by atoms with Crippen molar-refractivity contribution in [2.45, 2.75) is 36.6 Å². The minimum absolute atomic E-state index is 0.102. The number of aliphatic imine (C=N–C) groups is 3. The highest BCUT2D eigenvalue weighted by Gasteiger charge is 2.51. The second-order valence-corrected chi connectivity index (χ2v) is 11.4. The molecular weight excluding hydrogens is 531 g/mol. The van der Waals surface area contributed by atoms with Crippen LogP contribution in [0.2, 0.25) is 0 Å². The van der Waals surface area contributed by atoms with Crippen LogP contribution < -0.4 is 11.5 Å². The second kappa shape index (κ2) is 9.44. The quantitative estimate of drug-likeness (QED) is 0.132. The average molecular weight is 551 g/mol. The summed E-state index contributed by atoms with van der Waals surface area (Å²) in [7, 11) is -16.8. The van der Waals surface area contributed by atoms with Gasteiger partial charge in [0.1, 0.15) is 42.1 Å². The maximum Gasteiger partial charge on any atom is 0.490 e.